The number of fused-ring (bicyclic) bond motifs is 1. The van der Waals surface area contributed by atoms with Crippen molar-refractivity contribution in [2.24, 2.45) is 11.1 Å². The second-order valence-corrected chi connectivity index (χ2v) is 5.30. The van der Waals surface area contributed by atoms with Crippen LogP contribution in [0.4, 0.5) is 0 Å². The standard InChI is InChI=1S/C13H16N2/c1-12(2)8-13(12,14)11-7-9-5-3-4-6-10(9)15-11/h3-7,15H,8,14H2,1-2H3. The Bertz CT molecular complexity index is 491. The van der Waals surface area contributed by atoms with Crippen LogP contribution < -0.4 is 5.73 Å². The number of rotatable bonds is 1. The van der Waals surface area contributed by atoms with Crippen molar-refractivity contribution in [3.8, 4) is 0 Å². The summed E-state index contributed by atoms with van der Waals surface area (Å²) in [7, 11) is 0. The van der Waals surface area contributed by atoms with E-state index in [4.69, 9.17) is 5.73 Å². The lowest BCUT2D eigenvalue weighted by molar-refractivity contribution is 0.502. The third-order valence-corrected chi connectivity index (χ3v) is 3.81. The van der Waals surface area contributed by atoms with Gasteiger partial charge in [-0.25, -0.2) is 0 Å². The van der Waals surface area contributed by atoms with Crippen molar-refractivity contribution in [2.75, 3.05) is 0 Å². The predicted molar refractivity (Wildman–Crippen MR) is 62.6 cm³/mol. The zero-order chi connectivity index (χ0) is 10.7. The van der Waals surface area contributed by atoms with Crippen LogP contribution in [0.1, 0.15) is 26.0 Å². The van der Waals surface area contributed by atoms with Crippen LogP contribution in [0.25, 0.3) is 10.9 Å². The van der Waals surface area contributed by atoms with Gasteiger partial charge in [0, 0.05) is 11.2 Å². The minimum absolute atomic E-state index is 0.147. The summed E-state index contributed by atoms with van der Waals surface area (Å²) in [5.41, 5.74) is 8.82. The molecule has 1 atom stereocenters. The second kappa shape index (κ2) is 2.45. The summed E-state index contributed by atoms with van der Waals surface area (Å²) in [6, 6.07) is 10.5. The summed E-state index contributed by atoms with van der Waals surface area (Å²) in [6.45, 7) is 4.44. The molecule has 1 aromatic carbocycles. The van der Waals surface area contributed by atoms with Crippen molar-refractivity contribution in [1.29, 1.82) is 0 Å². The van der Waals surface area contributed by atoms with Gasteiger partial charge in [0.1, 0.15) is 0 Å². The Morgan fingerprint density at radius 2 is 1.93 bits per heavy atom. The van der Waals surface area contributed by atoms with Gasteiger partial charge in [-0.2, -0.15) is 0 Å². The summed E-state index contributed by atoms with van der Waals surface area (Å²) in [6.07, 6.45) is 1.06. The first-order valence-corrected chi connectivity index (χ1v) is 5.40. The van der Waals surface area contributed by atoms with Crippen molar-refractivity contribution >= 4 is 10.9 Å². The van der Waals surface area contributed by atoms with Crippen molar-refractivity contribution in [3.05, 3.63) is 36.0 Å². The summed E-state index contributed by atoms with van der Waals surface area (Å²) in [5.74, 6) is 0. The van der Waals surface area contributed by atoms with Crippen LogP contribution in [-0.2, 0) is 5.54 Å². The van der Waals surface area contributed by atoms with Crippen LogP contribution in [0.2, 0.25) is 0 Å². The molecule has 1 aliphatic rings. The number of benzene rings is 1. The molecule has 0 aliphatic heterocycles. The third kappa shape index (κ3) is 1.08. The molecule has 1 unspecified atom stereocenters. The molecule has 2 heteroatoms. The van der Waals surface area contributed by atoms with Crippen molar-refractivity contribution in [2.45, 2.75) is 25.8 Å². The highest BCUT2D eigenvalue weighted by atomic mass is 15.0. The molecule has 0 saturated heterocycles. The van der Waals surface area contributed by atoms with Crippen LogP contribution in [0.15, 0.2) is 30.3 Å². The predicted octanol–water partition coefficient (Wildman–Crippen LogP) is 2.75. The van der Waals surface area contributed by atoms with Crippen molar-refractivity contribution in [3.63, 3.8) is 0 Å². The van der Waals surface area contributed by atoms with Gasteiger partial charge < -0.3 is 10.7 Å². The van der Waals surface area contributed by atoms with E-state index >= 15 is 0 Å². The van der Waals surface area contributed by atoms with Crippen LogP contribution >= 0.6 is 0 Å². The van der Waals surface area contributed by atoms with E-state index in [1.54, 1.807) is 0 Å². The molecular formula is C13H16N2. The van der Waals surface area contributed by atoms with Gasteiger partial charge in [-0.15, -0.1) is 0 Å². The Morgan fingerprint density at radius 3 is 2.53 bits per heavy atom. The van der Waals surface area contributed by atoms with Gasteiger partial charge in [-0.1, -0.05) is 32.0 Å². The van der Waals surface area contributed by atoms with Gasteiger partial charge in [0.25, 0.3) is 0 Å². The Balaban J connectivity index is 2.14. The normalized spacial score (nSPS) is 28.2. The highest BCUT2D eigenvalue weighted by molar-refractivity contribution is 5.80. The summed E-state index contributed by atoms with van der Waals surface area (Å²) in [4.78, 5) is 3.43. The van der Waals surface area contributed by atoms with Crippen LogP contribution in [0, 0.1) is 5.41 Å². The van der Waals surface area contributed by atoms with Gasteiger partial charge >= 0.3 is 0 Å². The second-order valence-electron chi connectivity index (χ2n) is 5.30. The Hall–Kier alpha value is -1.28. The smallest absolute Gasteiger partial charge is 0.0620 e. The first kappa shape index (κ1) is 8.98. The van der Waals surface area contributed by atoms with Gasteiger partial charge in [0.2, 0.25) is 0 Å². The number of H-pyrrole nitrogens is 1. The third-order valence-electron chi connectivity index (χ3n) is 3.81. The molecule has 0 bridgehead atoms. The molecule has 1 fully saturated rings. The lowest BCUT2D eigenvalue weighted by atomic mass is 10.0. The minimum atomic E-state index is -0.147. The SMILES string of the molecule is CC1(C)CC1(N)c1cc2ccccc2[nH]1. The highest BCUT2D eigenvalue weighted by Crippen LogP contribution is 2.60. The van der Waals surface area contributed by atoms with E-state index in [1.165, 1.54) is 16.6 Å². The number of aromatic amines is 1. The van der Waals surface area contributed by atoms with Crippen LogP contribution in [0.3, 0.4) is 0 Å². The highest BCUT2D eigenvalue weighted by Gasteiger charge is 2.60. The quantitative estimate of drug-likeness (QED) is 0.730. The van der Waals surface area contributed by atoms with E-state index in [2.05, 4.69) is 43.1 Å². The maximum absolute atomic E-state index is 6.38. The fraction of sp³-hybridized carbons (Fsp3) is 0.385. The zero-order valence-electron chi connectivity index (χ0n) is 9.17. The van der Waals surface area contributed by atoms with Gasteiger partial charge in [-0.05, 0) is 29.4 Å². The van der Waals surface area contributed by atoms with Gasteiger partial charge in [0.05, 0.1) is 5.54 Å². The molecule has 0 spiro atoms. The van der Waals surface area contributed by atoms with Crippen LogP contribution in [0.5, 0.6) is 0 Å². The van der Waals surface area contributed by atoms with E-state index < -0.39 is 0 Å². The molecule has 1 heterocycles. The molecule has 1 aromatic heterocycles. The molecule has 0 radical (unpaired) electrons. The molecule has 3 rings (SSSR count). The van der Waals surface area contributed by atoms with E-state index in [0.29, 0.717) is 0 Å². The number of nitrogens with two attached hydrogens (primary N) is 1. The lowest BCUT2D eigenvalue weighted by Crippen LogP contribution is -2.25. The Kier molecular flexibility index (Phi) is 1.47. The van der Waals surface area contributed by atoms with E-state index in [0.717, 1.165) is 6.42 Å². The van der Waals surface area contributed by atoms with Crippen molar-refractivity contribution in [1.82, 2.24) is 4.98 Å². The molecule has 1 aliphatic carbocycles. The number of para-hydroxylation sites is 1. The fourth-order valence-corrected chi connectivity index (χ4v) is 2.43. The molecular weight excluding hydrogens is 184 g/mol. The number of hydrogen-bond donors (Lipinski definition) is 2. The molecule has 1 saturated carbocycles. The summed E-state index contributed by atoms with van der Waals surface area (Å²) in [5, 5.41) is 1.25. The Labute approximate surface area is 89.5 Å². The van der Waals surface area contributed by atoms with Crippen molar-refractivity contribution < 1.29 is 0 Å². The monoisotopic (exact) mass is 200 g/mol. The van der Waals surface area contributed by atoms with Gasteiger partial charge in [-0.3, -0.25) is 0 Å². The first-order valence-electron chi connectivity index (χ1n) is 5.40. The molecule has 15 heavy (non-hydrogen) atoms. The van der Waals surface area contributed by atoms with Crippen LogP contribution in [-0.4, -0.2) is 4.98 Å². The minimum Gasteiger partial charge on any atom is -0.357 e. The number of aromatic nitrogens is 1. The molecule has 2 nitrogen and oxygen atoms in total. The number of hydrogen-bond acceptors (Lipinski definition) is 1. The zero-order valence-corrected chi connectivity index (χ0v) is 9.17. The Morgan fingerprint density at radius 1 is 1.27 bits per heavy atom. The first-order chi connectivity index (χ1) is 7.03. The maximum atomic E-state index is 6.38. The average molecular weight is 200 g/mol. The van der Waals surface area contributed by atoms with E-state index in [1.807, 2.05) is 6.07 Å². The molecule has 78 valence electrons. The lowest BCUT2D eigenvalue weighted by Gasteiger charge is -2.12. The van der Waals surface area contributed by atoms with E-state index in [-0.39, 0.29) is 11.0 Å². The fourth-order valence-electron chi connectivity index (χ4n) is 2.43. The summed E-state index contributed by atoms with van der Waals surface area (Å²) < 4.78 is 0. The maximum Gasteiger partial charge on any atom is 0.0620 e. The average Bonchev–Trinajstić information content (AvgIpc) is 2.61. The van der Waals surface area contributed by atoms with Gasteiger partial charge in [0.15, 0.2) is 0 Å². The number of nitrogens with one attached hydrogen (secondary N) is 1. The molecule has 0 amide bonds. The largest absolute Gasteiger partial charge is 0.357 e. The summed E-state index contributed by atoms with van der Waals surface area (Å²) >= 11 is 0. The van der Waals surface area contributed by atoms with E-state index in [9.17, 15) is 0 Å². The molecule has 2 aromatic rings. The molecule has 3 N–H and O–H groups in total. The topological polar surface area (TPSA) is 41.8 Å².